The van der Waals surface area contributed by atoms with Crippen LogP contribution in [-0.4, -0.2) is 15.8 Å². The van der Waals surface area contributed by atoms with E-state index in [1.54, 1.807) is 0 Å². The van der Waals surface area contributed by atoms with Crippen LogP contribution < -0.4 is 11.1 Å². The second-order valence-electron chi connectivity index (χ2n) is 5.21. The van der Waals surface area contributed by atoms with E-state index in [0.717, 1.165) is 11.6 Å². The van der Waals surface area contributed by atoms with Gasteiger partial charge in [-0.3, -0.25) is 14.9 Å². The molecule has 3 N–H and O–H groups in total. The number of amides is 1. The minimum Gasteiger partial charge on any atom is -0.444 e. The van der Waals surface area contributed by atoms with Crippen molar-refractivity contribution >= 4 is 17.3 Å². The molecule has 0 aliphatic carbocycles. The van der Waals surface area contributed by atoms with Gasteiger partial charge in [0.25, 0.3) is 11.6 Å². The van der Waals surface area contributed by atoms with E-state index >= 15 is 0 Å². The van der Waals surface area contributed by atoms with Gasteiger partial charge < -0.3 is 15.5 Å². The number of nitrogens with two attached hydrogens (primary N) is 1. The Bertz CT molecular complexity index is 921. The number of carbonyl (C=O) groups excluding carboxylic acids is 1. The Hall–Kier alpha value is -3.68. The van der Waals surface area contributed by atoms with Gasteiger partial charge in [0.15, 0.2) is 0 Å². The molecule has 0 unspecified atom stereocenters. The van der Waals surface area contributed by atoms with E-state index in [1.807, 2.05) is 30.3 Å². The summed E-state index contributed by atoms with van der Waals surface area (Å²) >= 11 is 0. The van der Waals surface area contributed by atoms with Gasteiger partial charge in [0.2, 0.25) is 5.89 Å². The molecular weight excluding hydrogens is 324 g/mol. The average Bonchev–Trinajstić information content (AvgIpc) is 3.09. The van der Waals surface area contributed by atoms with Crippen molar-refractivity contribution < 1.29 is 14.1 Å². The fourth-order valence-electron chi connectivity index (χ4n) is 2.29. The van der Waals surface area contributed by atoms with E-state index < -0.39 is 10.8 Å². The van der Waals surface area contributed by atoms with Crippen molar-refractivity contribution in [1.82, 2.24) is 4.98 Å². The summed E-state index contributed by atoms with van der Waals surface area (Å²) in [6.45, 7) is 0.272. The first-order valence-electron chi connectivity index (χ1n) is 7.36. The third kappa shape index (κ3) is 3.63. The normalized spacial score (nSPS) is 10.4. The minimum atomic E-state index is -0.753. The number of nitro groups is 1. The monoisotopic (exact) mass is 338 g/mol. The summed E-state index contributed by atoms with van der Waals surface area (Å²) in [5, 5.41) is 13.8. The Morgan fingerprint density at radius 2 is 2.00 bits per heavy atom. The summed E-state index contributed by atoms with van der Waals surface area (Å²) in [5.41, 5.74) is 7.00. The molecule has 0 saturated heterocycles. The number of primary amides is 1. The first kappa shape index (κ1) is 16.2. The highest BCUT2D eigenvalue weighted by molar-refractivity contribution is 5.99. The van der Waals surface area contributed by atoms with E-state index in [4.69, 9.17) is 10.2 Å². The number of nitrogens with one attached hydrogen (secondary N) is 1. The molecular formula is C17H14N4O4. The molecule has 3 aromatic rings. The highest BCUT2D eigenvalue weighted by atomic mass is 16.6. The average molecular weight is 338 g/mol. The third-order valence-corrected chi connectivity index (χ3v) is 3.51. The van der Waals surface area contributed by atoms with Crippen LogP contribution in [-0.2, 0) is 6.54 Å². The van der Waals surface area contributed by atoms with Crippen LogP contribution in [0.25, 0.3) is 11.5 Å². The Balaban J connectivity index is 1.77. The van der Waals surface area contributed by atoms with Crippen LogP contribution in [0.2, 0.25) is 0 Å². The van der Waals surface area contributed by atoms with Crippen molar-refractivity contribution in [3.63, 3.8) is 0 Å². The molecule has 0 spiro atoms. The number of rotatable bonds is 6. The van der Waals surface area contributed by atoms with Gasteiger partial charge in [-0.2, -0.15) is 0 Å². The van der Waals surface area contributed by atoms with E-state index in [2.05, 4.69) is 10.3 Å². The van der Waals surface area contributed by atoms with Crippen molar-refractivity contribution in [2.75, 3.05) is 5.32 Å². The molecule has 0 aliphatic heterocycles. The van der Waals surface area contributed by atoms with Crippen LogP contribution in [0.15, 0.2) is 59.2 Å². The maximum absolute atomic E-state index is 11.5. The van der Waals surface area contributed by atoms with Gasteiger partial charge in [-0.25, -0.2) is 4.98 Å². The number of carbonyl (C=O) groups is 1. The maximum Gasteiger partial charge on any atom is 0.270 e. The molecule has 1 amide bonds. The van der Waals surface area contributed by atoms with Gasteiger partial charge in [0.05, 0.1) is 22.7 Å². The summed E-state index contributed by atoms with van der Waals surface area (Å²) in [6, 6.07) is 13.3. The summed E-state index contributed by atoms with van der Waals surface area (Å²) in [7, 11) is 0. The second-order valence-corrected chi connectivity index (χ2v) is 5.21. The molecule has 2 aromatic carbocycles. The van der Waals surface area contributed by atoms with Crippen molar-refractivity contribution in [2.45, 2.75) is 6.54 Å². The predicted molar refractivity (Wildman–Crippen MR) is 90.9 cm³/mol. The van der Waals surface area contributed by atoms with E-state index in [9.17, 15) is 14.9 Å². The number of oxazole rings is 1. The molecule has 0 radical (unpaired) electrons. The smallest absolute Gasteiger partial charge is 0.270 e. The zero-order valence-corrected chi connectivity index (χ0v) is 13.0. The first-order chi connectivity index (χ1) is 12.0. The highest BCUT2D eigenvalue weighted by Crippen LogP contribution is 2.23. The first-order valence-corrected chi connectivity index (χ1v) is 7.36. The lowest BCUT2D eigenvalue weighted by atomic mass is 10.1. The van der Waals surface area contributed by atoms with Crippen molar-refractivity contribution in [3.8, 4) is 11.5 Å². The molecule has 25 heavy (non-hydrogen) atoms. The summed E-state index contributed by atoms with van der Waals surface area (Å²) in [6.07, 6.45) is 1.50. The Morgan fingerprint density at radius 3 is 2.68 bits per heavy atom. The Morgan fingerprint density at radius 1 is 1.24 bits per heavy atom. The molecule has 0 atom stereocenters. The molecule has 1 aromatic heterocycles. The predicted octanol–water partition coefficient (Wildman–Crippen LogP) is 2.96. The van der Waals surface area contributed by atoms with Gasteiger partial charge in [-0.15, -0.1) is 0 Å². The van der Waals surface area contributed by atoms with Crippen LogP contribution in [0.4, 0.5) is 11.4 Å². The van der Waals surface area contributed by atoms with Crippen LogP contribution >= 0.6 is 0 Å². The van der Waals surface area contributed by atoms with Crippen molar-refractivity contribution in [3.05, 3.63) is 76.2 Å². The number of nitro benzene ring substituents is 1. The molecule has 0 fully saturated rings. The lowest BCUT2D eigenvalue weighted by Gasteiger charge is -2.08. The Kier molecular flexibility index (Phi) is 4.42. The molecule has 1 heterocycles. The van der Waals surface area contributed by atoms with Crippen LogP contribution in [0.1, 0.15) is 16.1 Å². The van der Waals surface area contributed by atoms with Gasteiger partial charge in [0, 0.05) is 23.4 Å². The quantitative estimate of drug-likeness (QED) is 0.526. The molecule has 3 rings (SSSR count). The molecule has 126 valence electrons. The van der Waals surface area contributed by atoms with Gasteiger partial charge in [0.1, 0.15) is 6.26 Å². The molecule has 0 bridgehead atoms. The minimum absolute atomic E-state index is 0.0426. The topological polar surface area (TPSA) is 124 Å². The van der Waals surface area contributed by atoms with Crippen LogP contribution in [0.5, 0.6) is 0 Å². The largest absolute Gasteiger partial charge is 0.444 e. The zero-order valence-electron chi connectivity index (χ0n) is 13.0. The molecule has 8 nitrogen and oxygen atoms in total. The number of aromatic nitrogens is 1. The van der Waals surface area contributed by atoms with Gasteiger partial charge >= 0.3 is 0 Å². The standard InChI is InChI=1S/C17H14N4O4/c18-16(22)14-8-13(21(23)24)6-7-15(14)19-9-12-10-25-17(20-12)11-4-2-1-3-5-11/h1-8,10,19H,9H2,(H2,18,22). The van der Waals surface area contributed by atoms with Crippen molar-refractivity contribution in [2.24, 2.45) is 5.73 Å². The van der Waals surface area contributed by atoms with Gasteiger partial charge in [-0.05, 0) is 18.2 Å². The van der Waals surface area contributed by atoms with Gasteiger partial charge in [-0.1, -0.05) is 18.2 Å². The highest BCUT2D eigenvalue weighted by Gasteiger charge is 2.15. The lowest BCUT2D eigenvalue weighted by molar-refractivity contribution is -0.384. The van der Waals surface area contributed by atoms with Crippen LogP contribution in [0.3, 0.4) is 0 Å². The van der Waals surface area contributed by atoms with E-state index in [1.165, 1.54) is 18.4 Å². The zero-order chi connectivity index (χ0) is 17.8. The number of non-ortho nitro benzene ring substituents is 1. The van der Waals surface area contributed by atoms with Crippen LogP contribution in [0, 0.1) is 10.1 Å². The van der Waals surface area contributed by atoms with Crippen molar-refractivity contribution in [1.29, 1.82) is 0 Å². The molecule has 8 heteroatoms. The van der Waals surface area contributed by atoms with E-state index in [-0.39, 0.29) is 17.8 Å². The Labute approximate surface area is 142 Å². The fourth-order valence-corrected chi connectivity index (χ4v) is 2.29. The second kappa shape index (κ2) is 6.83. The molecule has 0 aliphatic rings. The summed E-state index contributed by atoms with van der Waals surface area (Å²) in [5.74, 6) is -0.271. The lowest BCUT2D eigenvalue weighted by Crippen LogP contribution is -2.15. The maximum atomic E-state index is 11.5. The number of benzene rings is 2. The number of nitrogens with zero attached hydrogens (tertiary/aromatic N) is 2. The fraction of sp³-hybridized carbons (Fsp3) is 0.0588. The number of anilines is 1. The molecule has 0 saturated carbocycles. The number of hydrogen-bond donors (Lipinski definition) is 2. The van der Waals surface area contributed by atoms with E-state index in [0.29, 0.717) is 17.3 Å². The summed E-state index contributed by atoms with van der Waals surface area (Å²) < 4.78 is 5.44. The third-order valence-electron chi connectivity index (χ3n) is 3.51. The number of hydrogen-bond acceptors (Lipinski definition) is 6. The summed E-state index contributed by atoms with van der Waals surface area (Å²) in [4.78, 5) is 26.1. The SMILES string of the molecule is NC(=O)c1cc([N+](=O)[O-])ccc1NCc1coc(-c2ccccc2)n1.